The molecule has 10 heteroatoms. The van der Waals surface area contributed by atoms with Gasteiger partial charge in [0.1, 0.15) is 16.8 Å². The SMILES string of the molecule is CC1CCN(c2nc(N)nc3c2oc2ccc(OC(F)(F)F)cc23)[C@H]1N. The van der Waals surface area contributed by atoms with Crippen LogP contribution in [0.15, 0.2) is 22.6 Å². The van der Waals surface area contributed by atoms with Crippen LogP contribution >= 0.6 is 0 Å². The van der Waals surface area contributed by atoms with Crippen LogP contribution in [0.25, 0.3) is 22.1 Å². The van der Waals surface area contributed by atoms with Gasteiger partial charge in [0.25, 0.3) is 0 Å². The minimum absolute atomic E-state index is 0.0101. The standard InChI is InChI=1S/C16H16F3N5O2/c1-7-4-5-24(13(7)20)14-12-11(22-15(21)23-14)9-6-8(26-16(17,18)19)2-3-10(9)25-12/h2-3,6-7,13H,4-5,20H2,1H3,(H2,21,22,23)/t7?,13-/m1/s1. The Kier molecular flexibility index (Phi) is 3.62. The van der Waals surface area contributed by atoms with Crippen molar-refractivity contribution in [3.8, 4) is 5.75 Å². The first-order valence-electron chi connectivity index (χ1n) is 8.00. The Labute approximate surface area is 145 Å². The number of ether oxygens (including phenoxy) is 1. The average Bonchev–Trinajstić information content (AvgIpc) is 3.06. The number of nitrogens with two attached hydrogens (primary N) is 2. The van der Waals surface area contributed by atoms with Gasteiger partial charge in [0.2, 0.25) is 5.95 Å². The fourth-order valence-electron chi connectivity index (χ4n) is 3.23. The number of aromatic nitrogens is 2. The quantitative estimate of drug-likeness (QED) is 0.717. The first-order chi connectivity index (χ1) is 12.2. The molecular formula is C16H16F3N5O2. The lowest BCUT2D eigenvalue weighted by Crippen LogP contribution is -2.40. The summed E-state index contributed by atoms with van der Waals surface area (Å²) in [5.41, 5.74) is 13.1. The molecule has 26 heavy (non-hydrogen) atoms. The number of nitrogens with zero attached hydrogens (tertiary/aromatic N) is 3. The number of hydrogen-bond donors (Lipinski definition) is 2. The summed E-state index contributed by atoms with van der Waals surface area (Å²) >= 11 is 0. The van der Waals surface area contributed by atoms with Crippen LogP contribution in [0, 0.1) is 5.92 Å². The van der Waals surface area contributed by atoms with Crippen LogP contribution in [0.2, 0.25) is 0 Å². The molecule has 0 spiro atoms. The van der Waals surface area contributed by atoms with Crippen molar-refractivity contribution in [2.45, 2.75) is 25.9 Å². The predicted octanol–water partition coefficient (Wildman–Crippen LogP) is 2.99. The van der Waals surface area contributed by atoms with Gasteiger partial charge in [0.05, 0.1) is 11.6 Å². The minimum Gasteiger partial charge on any atom is -0.450 e. The number of alkyl halides is 3. The maximum atomic E-state index is 12.5. The van der Waals surface area contributed by atoms with E-state index in [1.807, 2.05) is 11.8 Å². The summed E-state index contributed by atoms with van der Waals surface area (Å²) in [5.74, 6) is 0.332. The molecule has 3 aromatic rings. The molecule has 138 valence electrons. The summed E-state index contributed by atoms with van der Waals surface area (Å²) in [6.45, 7) is 2.71. The van der Waals surface area contributed by atoms with Gasteiger partial charge in [-0.05, 0) is 30.5 Å². The molecule has 0 radical (unpaired) electrons. The molecule has 4 N–H and O–H groups in total. The molecule has 1 fully saturated rings. The molecule has 2 aromatic heterocycles. The Bertz CT molecular complexity index is 987. The van der Waals surface area contributed by atoms with Crippen molar-refractivity contribution in [1.82, 2.24) is 9.97 Å². The van der Waals surface area contributed by atoms with Crippen molar-refractivity contribution in [2.24, 2.45) is 11.7 Å². The van der Waals surface area contributed by atoms with Gasteiger partial charge in [-0.2, -0.15) is 4.98 Å². The maximum absolute atomic E-state index is 12.5. The largest absolute Gasteiger partial charge is 0.573 e. The first-order valence-corrected chi connectivity index (χ1v) is 8.00. The summed E-state index contributed by atoms with van der Waals surface area (Å²) in [4.78, 5) is 10.3. The lowest BCUT2D eigenvalue weighted by atomic mass is 10.1. The lowest BCUT2D eigenvalue weighted by molar-refractivity contribution is -0.274. The molecule has 3 heterocycles. The molecule has 1 unspecified atom stereocenters. The number of anilines is 2. The maximum Gasteiger partial charge on any atom is 0.573 e. The average molecular weight is 367 g/mol. The lowest BCUT2D eigenvalue weighted by Gasteiger charge is -2.24. The Morgan fingerprint density at radius 1 is 1.31 bits per heavy atom. The van der Waals surface area contributed by atoms with Crippen molar-refractivity contribution < 1.29 is 22.3 Å². The molecular weight excluding hydrogens is 351 g/mol. The molecule has 7 nitrogen and oxygen atoms in total. The van der Waals surface area contributed by atoms with Crippen LogP contribution in [0.4, 0.5) is 24.9 Å². The van der Waals surface area contributed by atoms with Gasteiger partial charge < -0.3 is 25.5 Å². The molecule has 0 saturated carbocycles. The van der Waals surface area contributed by atoms with Gasteiger partial charge in [-0.15, -0.1) is 13.2 Å². The van der Waals surface area contributed by atoms with Crippen molar-refractivity contribution in [3.63, 3.8) is 0 Å². The van der Waals surface area contributed by atoms with E-state index < -0.39 is 6.36 Å². The number of halogens is 3. The Morgan fingerprint density at radius 3 is 2.73 bits per heavy atom. The van der Waals surface area contributed by atoms with Crippen LogP contribution in [0.1, 0.15) is 13.3 Å². The third kappa shape index (κ3) is 2.75. The Hall–Kier alpha value is -2.75. The zero-order valence-electron chi connectivity index (χ0n) is 13.7. The topological polar surface area (TPSA) is 103 Å². The third-order valence-electron chi connectivity index (χ3n) is 4.56. The van der Waals surface area contributed by atoms with Crippen LogP contribution in [-0.4, -0.2) is 29.0 Å². The summed E-state index contributed by atoms with van der Waals surface area (Å²) in [7, 11) is 0. The summed E-state index contributed by atoms with van der Waals surface area (Å²) < 4.78 is 47.2. The predicted molar refractivity (Wildman–Crippen MR) is 89.5 cm³/mol. The van der Waals surface area contributed by atoms with Gasteiger partial charge in [-0.3, -0.25) is 0 Å². The second-order valence-electron chi connectivity index (χ2n) is 6.34. The number of nitrogen functional groups attached to an aromatic ring is 1. The van der Waals surface area contributed by atoms with Crippen LogP contribution < -0.4 is 21.1 Å². The highest BCUT2D eigenvalue weighted by Crippen LogP contribution is 2.38. The van der Waals surface area contributed by atoms with Gasteiger partial charge in [-0.1, -0.05) is 6.92 Å². The Balaban J connectivity index is 1.89. The normalized spacial score (nSPS) is 21.0. The molecule has 2 atom stereocenters. The zero-order valence-corrected chi connectivity index (χ0v) is 13.7. The number of hydrogen-bond acceptors (Lipinski definition) is 7. The molecule has 0 amide bonds. The third-order valence-corrected chi connectivity index (χ3v) is 4.56. The van der Waals surface area contributed by atoms with E-state index in [1.54, 1.807) is 0 Å². The number of rotatable bonds is 2. The van der Waals surface area contributed by atoms with E-state index in [0.717, 1.165) is 6.42 Å². The van der Waals surface area contributed by atoms with E-state index in [0.29, 0.717) is 34.4 Å². The van der Waals surface area contributed by atoms with E-state index in [4.69, 9.17) is 15.9 Å². The number of fused-ring (bicyclic) bond motifs is 3. The zero-order chi connectivity index (χ0) is 18.6. The van der Waals surface area contributed by atoms with Gasteiger partial charge in [0, 0.05) is 6.54 Å². The van der Waals surface area contributed by atoms with E-state index in [9.17, 15) is 13.2 Å². The van der Waals surface area contributed by atoms with E-state index in [-0.39, 0.29) is 23.8 Å². The molecule has 1 aromatic carbocycles. The van der Waals surface area contributed by atoms with Crippen molar-refractivity contribution in [3.05, 3.63) is 18.2 Å². The van der Waals surface area contributed by atoms with Gasteiger partial charge in [0.15, 0.2) is 11.4 Å². The summed E-state index contributed by atoms with van der Waals surface area (Å²) in [5, 5.41) is 0.359. The molecule has 0 aliphatic carbocycles. The molecule has 1 aliphatic rings. The smallest absolute Gasteiger partial charge is 0.450 e. The van der Waals surface area contributed by atoms with E-state index >= 15 is 0 Å². The van der Waals surface area contributed by atoms with E-state index in [1.165, 1.54) is 18.2 Å². The van der Waals surface area contributed by atoms with Crippen molar-refractivity contribution >= 4 is 33.8 Å². The fraction of sp³-hybridized carbons (Fsp3) is 0.375. The highest BCUT2D eigenvalue weighted by molar-refractivity contribution is 6.06. The van der Waals surface area contributed by atoms with E-state index in [2.05, 4.69) is 14.7 Å². The summed E-state index contributed by atoms with van der Waals surface area (Å²) in [6.07, 6.45) is -4.16. The molecule has 4 rings (SSSR count). The second kappa shape index (κ2) is 5.63. The molecule has 1 aliphatic heterocycles. The van der Waals surface area contributed by atoms with Crippen LogP contribution in [0.5, 0.6) is 5.75 Å². The second-order valence-corrected chi connectivity index (χ2v) is 6.34. The fourth-order valence-corrected chi connectivity index (χ4v) is 3.23. The van der Waals surface area contributed by atoms with Gasteiger partial charge >= 0.3 is 6.36 Å². The minimum atomic E-state index is -4.79. The highest BCUT2D eigenvalue weighted by Gasteiger charge is 2.33. The Morgan fingerprint density at radius 2 is 2.08 bits per heavy atom. The molecule has 0 bridgehead atoms. The van der Waals surface area contributed by atoms with Crippen molar-refractivity contribution in [2.75, 3.05) is 17.2 Å². The monoisotopic (exact) mass is 367 g/mol. The van der Waals surface area contributed by atoms with Crippen molar-refractivity contribution in [1.29, 1.82) is 0 Å². The van der Waals surface area contributed by atoms with Gasteiger partial charge in [-0.25, -0.2) is 4.98 Å². The van der Waals surface area contributed by atoms with Crippen LogP contribution in [-0.2, 0) is 0 Å². The highest BCUT2D eigenvalue weighted by atomic mass is 19.4. The van der Waals surface area contributed by atoms with Crippen LogP contribution in [0.3, 0.4) is 0 Å². The molecule has 1 saturated heterocycles. The number of benzene rings is 1. The summed E-state index contributed by atoms with van der Waals surface area (Å²) in [6, 6.07) is 3.79. The first kappa shape index (κ1) is 16.7. The number of furan rings is 1.